The lowest BCUT2D eigenvalue weighted by Crippen LogP contribution is -1.86. The van der Waals surface area contributed by atoms with Gasteiger partial charge in [0.15, 0.2) is 0 Å². The maximum absolute atomic E-state index is 9.79. The topological polar surface area (TPSA) is 70.0 Å². The number of nitrogen functional groups attached to an aromatic ring is 1. The van der Waals surface area contributed by atoms with Crippen LogP contribution in [0.4, 0.5) is 5.69 Å². The van der Waals surface area contributed by atoms with Crippen LogP contribution in [0.25, 0.3) is 11.1 Å². The van der Waals surface area contributed by atoms with Gasteiger partial charge in [-0.3, -0.25) is 0 Å². The fourth-order valence-electron chi connectivity index (χ4n) is 1.69. The summed E-state index contributed by atoms with van der Waals surface area (Å²) in [6.07, 6.45) is 0.397. The summed E-state index contributed by atoms with van der Waals surface area (Å²) >= 11 is 0. The zero-order valence-corrected chi connectivity index (χ0v) is 9.22. The Morgan fingerprint density at radius 2 is 1.82 bits per heavy atom. The SMILES string of the molecule is N#CCc1ccc(-c2ccc(N)cc2O)cc1. The highest BCUT2D eigenvalue weighted by Crippen LogP contribution is 2.30. The molecule has 0 saturated heterocycles. The highest BCUT2D eigenvalue weighted by Gasteiger charge is 2.04. The van der Waals surface area contributed by atoms with Gasteiger partial charge in [-0.05, 0) is 23.3 Å². The first-order chi connectivity index (χ1) is 8.20. The largest absolute Gasteiger partial charge is 0.507 e. The lowest BCUT2D eigenvalue weighted by atomic mass is 10.0. The van der Waals surface area contributed by atoms with Crippen LogP contribution >= 0.6 is 0 Å². The van der Waals surface area contributed by atoms with Crippen LogP contribution in [0.3, 0.4) is 0 Å². The molecule has 0 saturated carbocycles. The smallest absolute Gasteiger partial charge is 0.125 e. The summed E-state index contributed by atoms with van der Waals surface area (Å²) < 4.78 is 0. The van der Waals surface area contributed by atoms with E-state index in [0.29, 0.717) is 12.1 Å². The van der Waals surface area contributed by atoms with E-state index in [1.807, 2.05) is 24.3 Å². The van der Waals surface area contributed by atoms with Crippen LogP contribution in [-0.4, -0.2) is 5.11 Å². The van der Waals surface area contributed by atoms with Crippen LogP contribution in [0.15, 0.2) is 42.5 Å². The normalized spacial score (nSPS) is 9.82. The van der Waals surface area contributed by atoms with Crippen molar-refractivity contribution in [1.82, 2.24) is 0 Å². The second-order valence-corrected chi connectivity index (χ2v) is 3.81. The van der Waals surface area contributed by atoms with Crippen molar-refractivity contribution in [2.75, 3.05) is 5.73 Å². The molecule has 0 spiro atoms. The zero-order valence-electron chi connectivity index (χ0n) is 9.22. The summed E-state index contributed by atoms with van der Waals surface area (Å²) in [6, 6.07) is 14.7. The van der Waals surface area contributed by atoms with Gasteiger partial charge in [0.25, 0.3) is 0 Å². The lowest BCUT2D eigenvalue weighted by molar-refractivity contribution is 0.477. The molecule has 0 aliphatic carbocycles. The Labute approximate surface area is 99.7 Å². The highest BCUT2D eigenvalue weighted by molar-refractivity contribution is 5.72. The van der Waals surface area contributed by atoms with Crippen molar-refractivity contribution in [2.45, 2.75) is 6.42 Å². The molecule has 2 aromatic carbocycles. The zero-order chi connectivity index (χ0) is 12.3. The Balaban J connectivity index is 2.37. The van der Waals surface area contributed by atoms with Crippen molar-refractivity contribution in [1.29, 1.82) is 5.26 Å². The fourth-order valence-corrected chi connectivity index (χ4v) is 1.69. The number of hydrogen-bond acceptors (Lipinski definition) is 3. The van der Waals surface area contributed by atoms with Crippen molar-refractivity contribution in [3.8, 4) is 22.9 Å². The minimum absolute atomic E-state index is 0.165. The monoisotopic (exact) mass is 224 g/mol. The molecule has 2 rings (SSSR count). The molecule has 0 fully saturated rings. The van der Waals surface area contributed by atoms with Gasteiger partial charge in [-0.25, -0.2) is 0 Å². The summed E-state index contributed by atoms with van der Waals surface area (Å²) in [5.74, 6) is 0.165. The standard InChI is InChI=1S/C14H12N2O/c15-8-7-10-1-3-11(4-2-10)13-6-5-12(16)9-14(13)17/h1-6,9,17H,7,16H2. The van der Waals surface area contributed by atoms with Gasteiger partial charge in [0.05, 0.1) is 12.5 Å². The van der Waals surface area contributed by atoms with E-state index in [4.69, 9.17) is 11.0 Å². The fraction of sp³-hybridized carbons (Fsp3) is 0.0714. The molecule has 2 aromatic rings. The molecule has 3 N–H and O–H groups in total. The van der Waals surface area contributed by atoms with E-state index in [-0.39, 0.29) is 5.75 Å². The van der Waals surface area contributed by atoms with Gasteiger partial charge in [-0.2, -0.15) is 5.26 Å². The van der Waals surface area contributed by atoms with Crippen LogP contribution < -0.4 is 5.73 Å². The molecule has 0 bridgehead atoms. The molecular formula is C14H12N2O. The van der Waals surface area contributed by atoms with Crippen LogP contribution in [-0.2, 0) is 6.42 Å². The van der Waals surface area contributed by atoms with E-state index in [1.54, 1.807) is 12.1 Å². The predicted octanol–water partition coefficient (Wildman–Crippen LogP) is 2.71. The highest BCUT2D eigenvalue weighted by atomic mass is 16.3. The second kappa shape index (κ2) is 4.58. The third kappa shape index (κ3) is 2.37. The van der Waals surface area contributed by atoms with Crippen molar-refractivity contribution < 1.29 is 5.11 Å². The average molecular weight is 224 g/mol. The minimum Gasteiger partial charge on any atom is -0.507 e. The van der Waals surface area contributed by atoms with E-state index in [2.05, 4.69) is 6.07 Å². The number of benzene rings is 2. The van der Waals surface area contributed by atoms with Gasteiger partial charge in [0, 0.05) is 17.3 Å². The van der Waals surface area contributed by atoms with E-state index >= 15 is 0 Å². The van der Waals surface area contributed by atoms with E-state index < -0.39 is 0 Å². The Bertz CT molecular complexity index is 568. The average Bonchev–Trinajstić information content (AvgIpc) is 2.31. The number of hydrogen-bond donors (Lipinski definition) is 2. The van der Waals surface area contributed by atoms with Crippen molar-refractivity contribution in [2.24, 2.45) is 0 Å². The van der Waals surface area contributed by atoms with Gasteiger partial charge >= 0.3 is 0 Å². The maximum Gasteiger partial charge on any atom is 0.125 e. The van der Waals surface area contributed by atoms with Crippen molar-refractivity contribution in [3.63, 3.8) is 0 Å². The van der Waals surface area contributed by atoms with Crippen molar-refractivity contribution >= 4 is 5.69 Å². The van der Waals surface area contributed by atoms with Crippen LogP contribution in [0.5, 0.6) is 5.75 Å². The number of nitriles is 1. The maximum atomic E-state index is 9.79. The van der Waals surface area contributed by atoms with Crippen LogP contribution in [0, 0.1) is 11.3 Å². The first-order valence-corrected chi connectivity index (χ1v) is 5.25. The van der Waals surface area contributed by atoms with Gasteiger partial charge in [-0.15, -0.1) is 0 Å². The molecule has 0 heterocycles. The molecule has 17 heavy (non-hydrogen) atoms. The number of phenolic OH excluding ortho intramolecular Hbond substituents is 1. The molecule has 0 aliphatic rings. The first kappa shape index (κ1) is 11.0. The number of rotatable bonds is 2. The molecule has 0 atom stereocenters. The molecule has 3 heteroatoms. The molecule has 0 radical (unpaired) electrons. The Morgan fingerprint density at radius 1 is 1.12 bits per heavy atom. The summed E-state index contributed by atoms with van der Waals surface area (Å²) in [5.41, 5.74) is 8.72. The number of nitrogens with two attached hydrogens (primary N) is 1. The second-order valence-electron chi connectivity index (χ2n) is 3.81. The summed E-state index contributed by atoms with van der Waals surface area (Å²) in [5, 5.41) is 18.4. The number of nitrogens with zero attached hydrogens (tertiary/aromatic N) is 1. The van der Waals surface area contributed by atoms with E-state index in [0.717, 1.165) is 16.7 Å². The van der Waals surface area contributed by atoms with E-state index in [1.165, 1.54) is 6.07 Å². The minimum atomic E-state index is 0.165. The third-order valence-electron chi connectivity index (χ3n) is 2.57. The molecule has 84 valence electrons. The molecule has 0 aliphatic heterocycles. The third-order valence-corrected chi connectivity index (χ3v) is 2.57. The first-order valence-electron chi connectivity index (χ1n) is 5.25. The van der Waals surface area contributed by atoms with E-state index in [9.17, 15) is 5.11 Å². The Hall–Kier alpha value is -2.47. The number of aromatic hydroxyl groups is 1. The van der Waals surface area contributed by atoms with Gasteiger partial charge < -0.3 is 10.8 Å². The Morgan fingerprint density at radius 3 is 2.41 bits per heavy atom. The molecular weight excluding hydrogens is 212 g/mol. The molecule has 3 nitrogen and oxygen atoms in total. The summed E-state index contributed by atoms with van der Waals surface area (Å²) in [6.45, 7) is 0. The Kier molecular flexibility index (Phi) is 2.97. The lowest BCUT2D eigenvalue weighted by Gasteiger charge is -2.06. The van der Waals surface area contributed by atoms with Crippen LogP contribution in [0.1, 0.15) is 5.56 Å². The van der Waals surface area contributed by atoms with Crippen LogP contribution in [0.2, 0.25) is 0 Å². The van der Waals surface area contributed by atoms with Gasteiger partial charge in [-0.1, -0.05) is 24.3 Å². The molecule has 0 amide bonds. The molecule has 0 unspecified atom stereocenters. The van der Waals surface area contributed by atoms with Crippen molar-refractivity contribution in [3.05, 3.63) is 48.0 Å². The summed E-state index contributed by atoms with van der Waals surface area (Å²) in [4.78, 5) is 0. The number of phenols is 1. The number of anilines is 1. The molecule has 0 aromatic heterocycles. The van der Waals surface area contributed by atoms with Gasteiger partial charge in [0.1, 0.15) is 5.75 Å². The summed E-state index contributed by atoms with van der Waals surface area (Å²) in [7, 11) is 0. The quantitative estimate of drug-likeness (QED) is 0.770. The van der Waals surface area contributed by atoms with Gasteiger partial charge in [0.2, 0.25) is 0 Å². The predicted molar refractivity (Wildman–Crippen MR) is 67.3 cm³/mol.